The molecule has 1 fully saturated rings. The van der Waals surface area contributed by atoms with Crippen LogP contribution >= 0.6 is 0 Å². The lowest BCUT2D eigenvalue weighted by molar-refractivity contribution is 0.0670. The monoisotopic (exact) mass is 303 g/mol. The van der Waals surface area contributed by atoms with Gasteiger partial charge < -0.3 is 13.8 Å². The van der Waals surface area contributed by atoms with Crippen LogP contribution in [-0.2, 0) is 0 Å². The molecule has 0 bridgehead atoms. The zero-order chi connectivity index (χ0) is 15.7. The maximum atomic E-state index is 12.5. The normalized spacial score (nSPS) is 18.9. The molecule has 2 aromatic rings. The summed E-state index contributed by atoms with van der Waals surface area (Å²) in [5.41, 5.74) is 0. The summed E-state index contributed by atoms with van der Waals surface area (Å²) < 4.78 is 10.7. The van der Waals surface area contributed by atoms with E-state index in [0.717, 1.165) is 25.1 Å². The molecule has 6 heteroatoms. The summed E-state index contributed by atoms with van der Waals surface area (Å²) in [5, 5.41) is 4.08. The standard InChI is InChI=1S/C16H21N3O3/c1-10(2)15-17-14(18-22-15)12-5-4-8-19(9-12)16(20)13-7-6-11(3)21-13/h6-7,10,12H,4-5,8-9H2,1-3H3. The number of hydrogen-bond acceptors (Lipinski definition) is 5. The second-order valence-corrected chi connectivity index (χ2v) is 6.15. The fourth-order valence-electron chi connectivity index (χ4n) is 2.73. The van der Waals surface area contributed by atoms with Crippen molar-refractivity contribution in [3.63, 3.8) is 0 Å². The fourth-order valence-corrected chi connectivity index (χ4v) is 2.73. The molecular weight excluding hydrogens is 282 g/mol. The molecule has 118 valence electrons. The molecule has 0 radical (unpaired) electrons. The van der Waals surface area contributed by atoms with E-state index in [1.165, 1.54) is 0 Å². The smallest absolute Gasteiger partial charge is 0.289 e. The molecule has 0 spiro atoms. The third-order valence-corrected chi connectivity index (χ3v) is 3.98. The van der Waals surface area contributed by atoms with Crippen molar-refractivity contribution in [1.29, 1.82) is 0 Å². The van der Waals surface area contributed by atoms with Gasteiger partial charge in [-0.2, -0.15) is 4.98 Å². The van der Waals surface area contributed by atoms with Crippen molar-refractivity contribution >= 4 is 5.91 Å². The van der Waals surface area contributed by atoms with E-state index in [1.807, 2.05) is 31.7 Å². The number of furan rings is 1. The van der Waals surface area contributed by atoms with E-state index in [0.29, 0.717) is 24.0 Å². The Morgan fingerprint density at radius 3 is 2.86 bits per heavy atom. The first-order valence-electron chi connectivity index (χ1n) is 7.74. The van der Waals surface area contributed by atoms with Gasteiger partial charge >= 0.3 is 0 Å². The summed E-state index contributed by atoms with van der Waals surface area (Å²) >= 11 is 0. The Labute approximate surface area is 129 Å². The molecule has 0 N–H and O–H groups in total. The van der Waals surface area contributed by atoms with Gasteiger partial charge in [-0.3, -0.25) is 4.79 Å². The summed E-state index contributed by atoms with van der Waals surface area (Å²) in [6, 6.07) is 3.54. The summed E-state index contributed by atoms with van der Waals surface area (Å²) in [6.07, 6.45) is 1.90. The van der Waals surface area contributed by atoms with Gasteiger partial charge in [0.05, 0.1) is 0 Å². The molecule has 1 amide bonds. The number of carbonyl (C=O) groups is 1. The van der Waals surface area contributed by atoms with Gasteiger partial charge in [-0.15, -0.1) is 0 Å². The Kier molecular flexibility index (Phi) is 4.00. The molecule has 6 nitrogen and oxygen atoms in total. The molecule has 1 saturated heterocycles. The van der Waals surface area contributed by atoms with Crippen LogP contribution in [0.1, 0.15) is 66.6 Å². The van der Waals surface area contributed by atoms with Crippen molar-refractivity contribution in [2.24, 2.45) is 0 Å². The van der Waals surface area contributed by atoms with Crippen LogP contribution in [0.4, 0.5) is 0 Å². The first kappa shape index (κ1) is 14.8. The largest absolute Gasteiger partial charge is 0.456 e. The van der Waals surface area contributed by atoms with Crippen LogP contribution in [0.2, 0.25) is 0 Å². The second kappa shape index (κ2) is 5.94. The van der Waals surface area contributed by atoms with E-state index in [1.54, 1.807) is 6.07 Å². The maximum absolute atomic E-state index is 12.5. The molecular formula is C16H21N3O3. The van der Waals surface area contributed by atoms with Crippen molar-refractivity contribution < 1.29 is 13.7 Å². The first-order valence-corrected chi connectivity index (χ1v) is 7.74. The lowest BCUT2D eigenvalue weighted by Crippen LogP contribution is -2.39. The van der Waals surface area contributed by atoms with Gasteiger partial charge in [-0.05, 0) is 31.9 Å². The average molecular weight is 303 g/mol. The zero-order valence-electron chi connectivity index (χ0n) is 13.2. The SMILES string of the molecule is Cc1ccc(C(=O)N2CCCC(c3noc(C(C)C)n3)C2)o1. The van der Waals surface area contributed by atoms with Crippen molar-refractivity contribution in [3.8, 4) is 0 Å². The average Bonchev–Trinajstić information content (AvgIpc) is 3.15. The van der Waals surface area contributed by atoms with Crippen LogP contribution in [0.25, 0.3) is 0 Å². The Bertz CT molecular complexity index is 659. The number of aromatic nitrogens is 2. The van der Waals surface area contributed by atoms with Gasteiger partial charge in [0.2, 0.25) is 5.89 Å². The number of rotatable bonds is 3. The number of amides is 1. The lowest BCUT2D eigenvalue weighted by atomic mass is 9.97. The molecule has 1 unspecified atom stereocenters. The highest BCUT2D eigenvalue weighted by Gasteiger charge is 2.29. The number of hydrogen-bond donors (Lipinski definition) is 0. The Morgan fingerprint density at radius 1 is 1.41 bits per heavy atom. The van der Waals surface area contributed by atoms with Crippen molar-refractivity contribution in [2.75, 3.05) is 13.1 Å². The van der Waals surface area contributed by atoms with E-state index < -0.39 is 0 Å². The molecule has 1 aliphatic rings. The first-order chi connectivity index (χ1) is 10.5. The molecule has 1 atom stereocenters. The molecule has 1 aliphatic heterocycles. The van der Waals surface area contributed by atoms with E-state index in [4.69, 9.17) is 8.94 Å². The van der Waals surface area contributed by atoms with E-state index >= 15 is 0 Å². The highest BCUT2D eigenvalue weighted by Crippen LogP contribution is 2.27. The van der Waals surface area contributed by atoms with Crippen LogP contribution in [0.15, 0.2) is 21.1 Å². The van der Waals surface area contributed by atoms with Crippen LogP contribution in [0.5, 0.6) is 0 Å². The predicted molar refractivity (Wildman–Crippen MR) is 79.7 cm³/mol. The Morgan fingerprint density at radius 2 is 2.23 bits per heavy atom. The summed E-state index contributed by atoms with van der Waals surface area (Å²) in [6.45, 7) is 7.22. The molecule has 0 aliphatic carbocycles. The highest BCUT2D eigenvalue weighted by atomic mass is 16.5. The minimum atomic E-state index is -0.0645. The molecule has 0 aromatic carbocycles. The third kappa shape index (κ3) is 2.91. The lowest BCUT2D eigenvalue weighted by Gasteiger charge is -2.30. The maximum Gasteiger partial charge on any atom is 0.289 e. The van der Waals surface area contributed by atoms with Crippen LogP contribution < -0.4 is 0 Å². The molecule has 22 heavy (non-hydrogen) atoms. The zero-order valence-corrected chi connectivity index (χ0v) is 13.2. The minimum Gasteiger partial charge on any atom is -0.456 e. The number of likely N-dealkylation sites (tertiary alicyclic amines) is 1. The van der Waals surface area contributed by atoms with E-state index in [9.17, 15) is 4.79 Å². The summed E-state index contributed by atoms with van der Waals surface area (Å²) in [5.74, 6) is 2.78. The van der Waals surface area contributed by atoms with Crippen molar-refractivity contribution in [3.05, 3.63) is 35.4 Å². The fraction of sp³-hybridized carbons (Fsp3) is 0.562. The van der Waals surface area contributed by atoms with Gasteiger partial charge in [-0.1, -0.05) is 19.0 Å². The molecule has 2 aromatic heterocycles. The Balaban J connectivity index is 1.72. The van der Waals surface area contributed by atoms with Gasteiger partial charge in [-0.25, -0.2) is 0 Å². The number of piperidine rings is 1. The third-order valence-electron chi connectivity index (χ3n) is 3.98. The van der Waals surface area contributed by atoms with Crippen LogP contribution in [0.3, 0.4) is 0 Å². The van der Waals surface area contributed by atoms with Crippen LogP contribution in [-0.4, -0.2) is 34.0 Å². The van der Waals surface area contributed by atoms with E-state index in [2.05, 4.69) is 10.1 Å². The number of aryl methyl sites for hydroxylation is 1. The molecule has 0 saturated carbocycles. The quantitative estimate of drug-likeness (QED) is 0.871. The minimum absolute atomic E-state index is 0.0645. The van der Waals surface area contributed by atoms with Crippen molar-refractivity contribution in [2.45, 2.75) is 45.4 Å². The molecule has 3 heterocycles. The summed E-state index contributed by atoms with van der Waals surface area (Å²) in [4.78, 5) is 18.8. The van der Waals surface area contributed by atoms with Gasteiger partial charge in [0.15, 0.2) is 11.6 Å². The predicted octanol–water partition coefficient (Wildman–Crippen LogP) is 3.11. The van der Waals surface area contributed by atoms with Gasteiger partial charge in [0.25, 0.3) is 5.91 Å². The van der Waals surface area contributed by atoms with Crippen molar-refractivity contribution in [1.82, 2.24) is 15.0 Å². The number of nitrogens with zero attached hydrogens (tertiary/aromatic N) is 3. The topological polar surface area (TPSA) is 72.4 Å². The van der Waals surface area contributed by atoms with Gasteiger partial charge in [0.1, 0.15) is 5.76 Å². The van der Waals surface area contributed by atoms with Crippen LogP contribution in [0, 0.1) is 6.92 Å². The van der Waals surface area contributed by atoms with Gasteiger partial charge in [0, 0.05) is 24.9 Å². The number of carbonyl (C=O) groups excluding carboxylic acids is 1. The highest BCUT2D eigenvalue weighted by molar-refractivity contribution is 5.91. The Hall–Kier alpha value is -2.11. The molecule has 3 rings (SSSR count). The second-order valence-electron chi connectivity index (χ2n) is 6.15. The summed E-state index contributed by atoms with van der Waals surface area (Å²) in [7, 11) is 0. The van der Waals surface area contributed by atoms with E-state index in [-0.39, 0.29) is 17.7 Å².